The van der Waals surface area contributed by atoms with Crippen molar-refractivity contribution in [2.75, 3.05) is 12.3 Å². The van der Waals surface area contributed by atoms with E-state index in [9.17, 15) is 4.79 Å². The first-order valence-corrected chi connectivity index (χ1v) is 10.9. The summed E-state index contributed by atoms with van der Waals surface area (Å²) in [7, 11) is 0. The number of aromatic nitrogens is 5. The second-order valence-electron chi connectivity index (χ2n) is 5.96. The van der Waals surface area contributed by atoms with Gasteiger partial charge in [-0.25, -0.2) is 19.9 Å². The molecule has 29 heavy (non-hydrogen) atoms. The van der Waals surface area contributed by atoms with E-state index in [1.807, 2.05) is 10.6 Å². The van der Waals surface area contributed by atoms with Gasteiger partial charge in [0, 0.05) is 13.5 Å². The average Bonchev–Trinajstić information content (AvgIpc) is 3.25. The van der Waals surface area contributed by atoms with E-state index in [2.05, 4.69) is 19.9 Å². The molecule has 0 bridgehead atoms. The lowest BCUT2D eigenvalue weighted by Gasteiger charge is -2.07. The zero-order valence-corrected chi connectivity index (χ0v) is 18.2. The number of halogens is 2. The second-order valence-corrected chi connectivity index (χ2v) is 8.96. The number of aryl methyl sites for hydroxylation is 1. The molecule has 0 fully saturated rings. The smallest absolute Gasteiger partial charge is 0.302 e. The van der Waals surface area contributed by atoms with Crippen molar-refractivity contribution in [2.45, 2.75) is 29.4 Å². The number of anilines is 1. The van der Waals surface area contributed by atoms with Crippen LogP contribution in [0.25, 0.3) is 21.4 Å². The number of thiazole rings is 1. The number of rotatable bonds is 6. The number of carbonyl (C=O) groups is 1. The molecule has 3 heterocycles. The molecule has 1 aromatic carbocycles. The number of hydrogen-bond acceptors (Lipinski definition) is 9. The fourth-order valence-electron chi connectivity index (χ4n) is 2.69. The topological polar surface area (TPSA) is 109 Å². The molecule has 8 nitrogen and oxygen atoms in total. The van der Waals surface area contributed by atoms with Crippen molar-refractivity contribution in [1.82, 2.24) is 24.5 Å². The first-order chi connectivity index (χ1) is 13.9. The van der Waals surface area contributed by atoms with Crippen LogP contribution in [0.3, 0.4) is 0 Å². The van der Waals surface area contributed by atoms with Gasteiger partial charge in [0.15, 0.2) is 26.5 Å². The van der Waals surface area contributed by atoms with E-state index in [0.29, 0.717) is 51.8 Å². The zero-order chi connectivity index (χ0) is 20.5. The predicted molar refractivity (Wildman–Crippen MR) is 115 cm³/mol. The zero-order valence-electron chi connectivity index (χ0n) is 15.1. The maximum atomic E-state index is 11.0. The average molecular weight is 469 g/mol. The summed E-state index contributed by atoms with van der Waals surface area (Å²) >= 11 is 15.2. The number of carbonyl (C=O) groups excluding carboxylic acids is 1. The second kappa shape index (κ2) is 8.31. The van der Waals surface area contributed by atoms with Crippen LogP contribution < -0.4 is 5.73 Å². The van der Waals surface area contributed by atoms with Gasteiger partial charge in [-0.1, -0.05) is 23.2 Å². The SMILES string of the molecule is CC(=O)OCCCn1c(Sc2nc3ccc(Cl)c(Cl)c3s2)nc2c(N)ncnc21. The van der Waals surface area contributed by atoms with Gasteiger partial charge in [0.25, 0.3) is 0 Å². The minimum absolute atomic E-state index is 0.301. The third-order valence-corrected chi connectivity index (χ3v) is 7.03. The van der Waals surface area contributed by atoms with Crippen molar-refractivity contribution in [3.63, 3.8) is 0 Å². The van der Waals surface area contributed by atoms with Crippen LogP contribution in [0.1, 0.15) is 13.3 Å². The van der Waals surface area contributed by atoms with Crippen LogP contribution in [0.15, 0.2) is 28.0 Å². The van der Waals surface area contributed by atoms with Gasteiger partial charge in [-0.3, -0.25) is 4.79 Å². The number of nitrogen functional groups attached to an aromatic ring is 1. The van der Waals surface area contributed by atoms with Gasteiger partial charge in [0.2, 0.25) is 0 Å². The van der Waals surface area contributed by atoms with E-state index in [1.54, 1.807) is 6.07 Å². The van der Waals surface area contributed by atoms with Crippen LogP contribution in [-0.2, 0) is 16.1 Å². The third-order valence-electron chi connectivity index (χ3n) is 3.97. The molecule has 0 saturated heterocycles. The molecular weight excluding hydrogens is 455 g/mol. The summed E-state index contributed by atoms with van der Waals surface area (Å²) in [5, 5.41) is 1.63. The first kappa shape index (κ1) is 20.1. The molecule has 4 aromatic rings. The highest BCUT2D eigenvalue weighted by atomic mass is 35.5. The summed E-state index contributed by atoms with van der Waals surface area (Å²) in [6.07, 6.45) is 2.00. The molecule has 0 saturated carbocycles. The quantitative estimate of drug-likeness (QED) is 0.326. The summed E-state index contributed by atoms with van der Waals surface area (Å²) < 4.78 is 8.52. The Morgan fingerprint density at radius 3 is 2.93 bits per heavy atom. The monoisotopic (exact) mass is 468 g/mol. The van der Waals surface area contributed by atoms with Gasteiger partial charge < -0.3 is 15.0 Å². The van der Waals surface area contributed by atoms with Crippen LogP contribution in [0.4, 0.5) is 5.82 Å². The number of esters is 1. The summed E-state index contributed by atoms with van der Waals surface area (Å²) in [6, 6.07) is 3.55. The summed E-state index contributed by atoms with van der Waals surface area (Å²) in [6.45, 7) is 2.22. The lowest BCUT2D eigenvalue weighted by Crippen LogP contribution is -2.07. The fourth-order valence-corrected chi connectivity index (χ4v) is 5.28. The number of nitrogens with two attached hydrogens (primary N) is 1. The molecule has 0 unspecified atom stereocenters. The number of nitrogens with zero attached hydrogens (tertiary/aromatic N) is 5. The van der Waals surface area contributed by atoms with Crippen molar-refractivity contribution < 1.29 is 9.53 Å². The number of fused-ring (bicyclic) bond motifs is 2. The van der Waals surface area contributed by atoms with E-state index in [-0.39, 0.29) is 5.97 Å². The summed E-state index contributed by atoms with van der Waals surface area (Å²) in [5.74, 6) is -0.0126. The molecule has 0 radical (unpaired) electrons. The molecule has 0 amide bonds. The van der Waals surface area contributed by atoms with E-state index in [4.69, 9.17) is 33.7 Å². The van der Waals surface area contributed by atoms with E-state index in [1.165, 1.54) is 36.3 Å². The Kier molecular flexibility index (Phi) is 5.77. The van der Waals surface area contributed by atoms with E-state index in [0.717, 1.165) is 14.6 Å². The van der Waals surface area contributed by atoms with Crippen LogP contribution in [0.2, 0.25) is 10.0 Å². The normalized spacial score (nSPS) is 11.4. The van der Waals surface area contributed by atoms with Gasteiger partial charge in [-0.15, -0.1) is 11.3 Å². The number of hydrogen-bond donors (Lipinski definition) is 1. The van der Waals surface area contributed by atoms with E-state index < -0.39 is 0 Å². The van der Waals surface area contributed by atoms with Crippen LogP contribution in [0, 0.1) is 0 Å². The number of imidazole rings is 1. The van der Waals surface area contributed by atoms with Gasteiger partial charge in [0.1, 0.15) is 6.33 Å². The molecule has 12 heteroatoms. The van der Waals surface area contributed by atoms with Crippen LogP contribution in [-0.4, -0.2) is 37.1 Å². The van der Waals surface area contributed by atoms with Crippen molar-refractivity contribution in [3.8, 4) is 0 Å². The Hall–Kier alpha value is -2.14. The highest BCUT2D eigenvalue weighted by Gasteiger charge is 2.18. The molecule has 150 valence electrons. The minimum Gasteiger partial charge on any atom is -0.466 e. The summed E-state index contributed by atoms with van der Waals surface area (Å²) in [4.78, 5) is 28.5. The fraction of sp³-hybridized carbons (Fsp3) is 0.235. The molecule has 0 spiro atoms. The predicted octanol–water partition coefficient (Wildman–Crippen LogP) is 4.43. The minimum atomic E-state index is -0.313. The van der Waals surface area contributed by atoms with Crippen molar-refractivity contribution >= 4 is 79.5 Å². The molecule has 3 aromatic heterocycles. The number of ether oxygens (including phenoxy) is 1. The summed E-state index contributed by atoms with van der Waals surface area (Å²) in [5.41, 5.74) is 7.87. The molecule has 0 aliphatic rings. The number of benzene rings is 1. The van der Waals surface area contributed by atoms with Crippen molar-refractivity contribution in [2.24, 2.45) is 0 Å². The van der Waals surface area contributed by atoms with Crippen molar-refractivity contribution in [3.05, 3.63) is 28.5 Å². The van der Waals surface area contributed by atoms with Crippen LogP contribution in [0.5, 0.6) is 0 Å². The lowest BCUT2D eigenvalue weighted by atomic mass is 10.3. The molecular formula is C17H14Cl2N6O2S2. The largest absolute Gasteiger partial charge is 0.466 e. The Bertz CT molecular complexity index is 1230. The molecule has 0 aliphatic carbocycles. The Labute approximate surface area is 183 Å². The van der Waals surface area contributed by atoms with Crippen molar-refractivity contribution in [1.29, 1.82) is 0 Å². The van der Waals surface area contributed by atoms with E-state index >= 15 is 0 Å². The van der Waals surface area contributed by atoms with Gasteiger partial charge in [-0.2, -0.15) is 0 Å². The Morgan fingerprint density at radius 1 is 1.31 bits per heavy atom. The maximum absolute atomic E-state index is 11.0. The Balaban J connectivity index is 1.69. The Morgan fingerprint density at radius 2 is 2.14 bits per heavy atom. The molecule has 4 rings (SSSR count). The van der Waals surface area contributed by atoms with Gasteiger partial charge in [-0.05, 0) is 30.3 Å². The van der Waals surface area contributed by atoms with Crippen LogP contribution >= 0.6 is 46.3 Å². The van der Waals surface area contributed by atoms with Gasteiger partial charge in [0.05, 0.1) is 26.9 Å². The lowest BCUT2D eigenvalue weighted by molar-refractivity contribution is -0.141. The standard InChI is InChI=1S/C17H14Cl2N6O2S2/c1-8(26)27-6-2-5-25-15-12(14(20)21-7-22-15)24-16(25)29-17-23-10-4-3-9(18)11(19)13(10)28-17/h3-4,7H,2,5-6H2,1H3,(H2,20,21,22). The molecule has 2 N–H and O–H groups in total. The highest BCUT2D eigenvalue weighted by Crippen LogP contribution is 2.40. The molecule has 0 atom stereocenters. The van der Waals surface area contributed by atoms with Gasteiger partial charge >= 0.3 is 5.97 Å². The molecule has 0 aliphatic heterocycles. The third kappa shape index (κ3) is 4.11. The maximum Gasteiger partial charge on any atom is 0.302 e. The highest BCUT2D eigenvalue weighted by molar-refractivity contribution is 8.01. The first-order valence-electron chi connectivity index (χ1n) is 8.46.